The normalized spacial score (nSPS) is 14.7. The van der Waals surface area contributed by atoms with Gasteiger partial charge in [0.25, 0.3) is 5.91 Å². The van der Waals surface area contributed by atoms with Gasteiger partial charge in [0.15, 0.2) is 10.4 Å². The number of aliphatic hydroxyl groups excluding tert-OH is 1. The first-order chi connectivity index (χ1) is 14.6. The van der Waals surface area contributed by atoms with Gasteiger partial charge in [-0.15, -0.1) is 0 Å². The molecule has 1 amide bonds. The number of rotatable bonds is 5. The number of aromatic nitrogens is 1. The van der Waals surface area contributed by atoms with Gasteiger partial charge in [-0.2, -0.15) is 0 Å². The summed E-state index contributed by atoms with van der Waals surface area (Å²) in [6.07, 6.45) is 3.50. The van der Waals surface area contributed by atoms with Gasteiger partial charge in [0.05, 0.1) is 10.2 Å². The van der Waals surface area contributed by atoms with Gasteiger partial charge < -0.3 is 15.3 Å². The summed E-state index contributed by atoms with van der Waals surface area (Å²) >= 11 is 1.37. The van der Waals surface area contributed by atoms with Crippen LogP contribution in [-0.4, -0.2) is 35.7 Å². The van der Waals surface area contributed by atoms with Crippen LogP contribution in [0.2, 0.25) is 0 Å². The van der Waals surface area contributed by atoms with Crippen molar-refractivity contribution in [1.29, 1.82) is 0 Å². The number of amides is 1. The van der Waals surface area contributed by atoms with Crippen LogP contribution in [0.25, 0.3) is 10.2 Å². The third-order valence-electron chi connectivity index (χ3n) is 4.83. The SMILES string of the molecule is O=C(Nc1nc2ccccc2s1)c1cccc([P+](=O)[O-])c1.OCCC1CCNCC1. The second kappa shape index (κ2) is 11.2. The maximum Gasteiger partial charge on any atom is 0.348 e. The molecular formula is C21H24N3O4PS. The molecule has 0 aliphatic carbocycles. The van der Waals surface area contributed by atoms with E-state index >= 15 is 0 Å². The van der Waals surface area contributed by atoms with E-state index in [1.165, 1.54) is 42.4 Å². The lowest BCUT2D eigenvalue weighted by Crippen LogP contribution is -2.28. The maximum atomic E-state index is 12.1. The van der Waals surface area contributed by atoms with E-state index in [1.807, 2.05) is 24.3 Å². The number of thiazole rings is 1. The number of hydrogen-bond acceptors (Lipinski definition) is 7. The number of aliphatic hydroxyl groups is 1. The molecule has 0 spiro atoms. The molecule has 30 heavy (non-hydrogen) atoms. The quantitative estimate of drug-likeness (QED) is 0.520. The van der Waals surface area contributed by atoms with Crippen molar-refractivity contribution in [2.75, 3.05) is 25.0 Å². The lowest BCUT2D eigenvalue weighted by Gasteiger charge is -2.21. The highest BCUT2D eigenvalue weighted by Gasteiger charge is 2.14. The fraction of sp³-hybridized carbons (Fsp3) is 0.333. The zero-order chi connectivity index (χ0) is 21.3. The fourth-order valence-electron chi connectivity index (χ4n) is 3.21. The molecule has 9 heteroatoms. The van der Waals surface area contributed by atoms with Gasteiger partial charge in [-0.3, -0.25) is 10.1 Å². The summed E-state index contributed by atoms with van der Waals surface area (Å²) in [6, 6.07) is 13.4. The number of nitrogens with one attached hydrogen (secondary N) is 2. The third-order valence-corrected chi connectivity index (χ3v) is 6.48. The van der Waals surface area contributed by atoms with E-state index in [0.717, 1.165) is 35.6 Å². The van der Waals surface area contributed by atoms with E-state index in [2.05, 4.69) is 15.6 Å². The van der Waals surface area contributed by atoms with Gasteiger partial charge in [-0.05, 0) is 62.5 Å². The highest BCUT2D eigenvalue weighted by molar-refractivity contribution is 7.45. The Morgan fingerprint density at radius 2 is 2.00 bits per heavy atom. The van der Waals surface area contributed by atoms with E-state index in [0.29, 0.717) is 11.7 Å². The summed E-state index contributed by atoms with van der Waals surface area (Å²) in [6.45, 7) is 2.65. The summed E-state index contributed by atoms with van der Waals surface area (Å²) < 4.78 is 11.9. The van der Waals surface area contributed by atoms with Crippen LogP contribution >= 0.6 is 19.4 Å². The lowest BCUT2D eigenvalue weighted by molar-refractivity contribution is -0.160. The molecule has 1 aromatic heterocycles. The van der Waals surface area contributed by atoms with Crippen LogP contribution in [0.1, 0.15) is 29.6 Å². The number of nitrogens with zero attached hydrogens (tertiary/aromatic N) is 1. The Morgan fingerprint density at radius 3 is 2.70 bits per heavy atom. The summed E-state index contributed by atoms with van der Waals surface area (Å²) in [5.41, 5.74) is 1.10. The van der Waals surface area contributed by atoms with E-state index < -0.39 is 8.03 Å². The van der Waals surface area contributed by atoms with Crippen molar-refractivity contribution in [3.8, 4) is 0 Å². The van der Waals surface area contributed by atoms with Crippen molar-refractivity contribution in [1.82, 2.24) is 10.3 Å². The average molecular weight is 445 g/mol. The van der Waals surface area contributed by atoms with Gasteiger partial charge in [-0.1, -0.05) is 34.1 Å². The van der Waals surface area contributed by atoms with E-state index in [-0.39, 0.29) is 16.8 Å². The van der Waals surface area contributed by atoms with Crippen LogP contribution < -0.4 is 20.8 Å². The molecule has 3 N–H and O–H groups in total. The molecule has 3 aromatic rings. The molecule has 1 aliphatic rings. The minimum absolute atomic E-state index is 0.113. The van der Waals surface area contributed by atoms with Gasteiger partial charge in [0.1, 0.15) is 0 Å². The Morgan fingerprint density at radius 1 is 1.23 bits per heavy atom. The number of carbonyl (C=O) groups excluding carboxylic acids is 1. The molecule has 1 saturated heterocycles. The molecule has 2 aromatic carbocycles. The number of fused-ring (bicyclic) bond motifs is 1. The number of hydrogen-bond donors (Lipinski definition) is 3. The van der Waals surface area contributed by atoms with Crippen molar-refractivity contribution < 1.29 is 19.4 Å². The lowest BCUT2D eigenvalue weighted by atomic mass is 9.95. The molecule has 1 atom stereocenters. The molecule has 1 fully saturated rings. The molecule has 0 saturated carbocycles. The summed E-state index contributed by atoms with van der Waals surface area (Å²) in [4.78, 5) is 27.4. The smallest absolute Gasteiger partial charge is 0.348 e. The molecule has 158 valence electrons. The predicted molar refractivity (Wildman–Crippen MR) is 119 cm³/mol. The fourth-order valence-corrected chi connectivity index (χ4v) is 4.52. The number of para-hydroxylation sites is 1. The van der Waals surface area contributed by atoms with Crippen molar-refractivity contribution >= 4 is 45.9 Å². The van der Waals surface area contributed by atoms with Crippen LogP contribution in [0, 0.1) is 5.92 Å². The van der Waals surface area contributed by atoms with E-state index in [9.17, 15) is 14.3 Å². The molecule has 0 bridgehead atoms. The van der Waals surface area contributed by atoms with Crippen molar-refractivity contribution in [2.24, 2.45) is 5.92 Å². The van der Waals surface area contributed by atoms with Crippen molar-refractivity contribution in [3.63, 3.8) is 0 Å². The van der Waals surface area contributed by atoms with Crippen LogP contribution in [0.3, 0.4) is 0 Å². The molecular weight excluding hydrogens is 421 g/mol. The first-order valence-electron chi connectivity index (χ1n) is 9.80. The molecule has 4 rings (SSSR count). The summed E-state index contributed by atoms with van der Waals surface area (Å²) in [5, 5.41) is 15.2. The van der Waals surface area contributed by atoms with Gasteiger partial charge in [-0.25, -0.2) is 4.98 Å². The Hall–Kier alpha value is -2.22. The monoisotopic (exact) mass is 445 g/mol. The predicted octanol–water partition coefficient (Wildman–Crippen LogP) is 2.65. The topological polar surface area (TPSA) is 114 Å². The first kappa shape index (κ1) is 22.5. The minimum atomic E-state index is -2.71. The van der Waals surface area contributed by atoms with Gasteiger partial charge >= 0.3 is 8.03 Å². The molecule has 1 unspecified atom stereocenters. The second-order valence-corrected chi connectivity index (χ2v) is 9.02. The van der Waals surface area contributed by atoms with Crippen LogP contribution in [0.5, 0.6) is 0 Å². The standard InChI is InChI=1S/C14H9N2O3PS.C7H15NO/c17-13(9-4-3-5-10(8-9)20(18)19)16-14-15-11-6-1-2-7-12(11)21-14;9-6-3-7-1-4-8-5-2-7/h1-8H,(H,15,16,17);7-9H,1-6H2. The Labute approximate surface area is 180 Å². The molecule has 2 heterocycles. The zero-order valence-corrected chi connectivity index (χ0v) is 18.1. The van der Waals surface area contributed by atoms with Gasteiger partial charge in [0, 0.05) is 18.2 Å². The molecule has 7 nitrogen and oxygen atoms in total. The number of anilines is 1. The van der Waals surface area contributed by atoms with Crippen molar-refractivity contribution in [2.45, 2.75) is 19.3 Å². The van der Waals surface area contributed by atoms with Crippen LogP contribution in [0.15, 0.2) is 48.5 Å². The maximum absolute atomic E-state index is 12.1. The Kier molecular flexibility index (Phi) is 8.42. The van der Waals surface area contributed by atoms with E-state index in [4.69, 9.17) is 5.11 Å². The highest BCUT2D eigenvalue weighted by atomic mass is 32.1. The number of benzene rings is 2. The van der Waals surface area contributed by atoms with E-state index in [1.54, 1.807) is 6.07 Å². The van der Waals surface area contributed by atoms with Crippen molar-refractivity contribution in [3.05, 3.63) is 54.1 Å². The highest BCUT2D eigenvalue weighted by Crippen LogP contribution is 2.25. The number of carbonyl (C=O) groups is 1. The summed E-state index contributed by atoms with van der Waals surface area (Å²) in [5.74, 6) is 0.406. The average Bonchev–Trinajstić information content (AvgIpc) is 3.17. The minimum Gasteiger partial charge on any atom is -0.591 e. The van der Waals surface area contributed by atoms with Gasteiger partial charge in [0.2, 0.25) is 0 Å². The summed E-state index contributed by atoms with van der Waals surface area (Å²) in [7, 11) is -2.71. The second-order valence-electron chi connectivity index (χ2n) is 6.95. The largest absolute Gasteiger partial charge is 0.591 e. The Balaban J connectivity index is 0.000000239. The third kappa shape index (κ3) is 6.39. The molecule has 0 radical (unpaired) electrons. The first-order valence-corrected chi connectivity index (χ1v) is 11.8. The van der Waals surface area contributed by atoms with Crippen LogP contribution in [-0.2, 0) is 4.57 Å². The van der Waals surface area contributed by atoms with Crippen LogP contribution in [0.4, 0.5) is 5.13 Å². The zero-order valence-electron chi connectivity index (χ0n) is 16.4. The molecule has 1 aliphatic heterocycles. The number of piperidine rings is 1. The Bertz CT molecular complexity index is 969.